The zero-order valence-corrected chi connectivity index (χ0v) is 19.0. The smallest absolute Gasteiger partial charge is 0.287 e. The molecule has 0 unspecified atom stereocenters. The number of nitrogens with zero attached hydrogens (tertiary/aromatic N) is 4. The lowest BCUT2D eigenvalue weighted by molar-refractivity contribution is 0.0824. The summed E-state index contributed by atoms with van der Waals surface area (Å²) in [6.45, 7) is 0.126. The lowest BCUT2D eigenvalue weighted by Crippen LogP contribution is -2.22. The Labute approximate surface area is 200 Å². The Morgan fingerprint density at radius 2 is 1.94 bits per heavy atom. The number of hydrogen-bond acceptors (Lipinski definition) is 7. The van der Waals surface area contributed by atoms with Crippen molar-refractivity contribution in [3.8, 4) is 22.9 Å². The number of methoxy groups -OCH3 is 1. The summed E-state index contributed by atoms with van der Waals surface area (Å²) in [6, 6.07) is 15.9. The van der Waals surface area contributed by atoms with Gasteiger partial charge >= 0.3 is 0 Å². The number of benzene rings is 2. The molecule has 0 aliphatic carbocycles. The third-order valence-electron chi connectivity index (χ3n) is 4.62. The molecule has 0 amide bonds. The maximum absolute atomic E-state index is 13.0. The second-order valence-electron chi connectivity index (χ2n) is 6.87. The summed E-state index contributed by atoms with van der Waals surface area (Å²) in [7, 11) is 1.61. The monoisotopic (exact) mass is 483 g/mol. The van der Waals surface area contributed by atoms with Gasteiger partial charge in [0.1, 0.15) is 11.5 Å². The fourth-order valence-corrected chi connectivity index (χ4v) is 3.40. The first-order valence-electron chi connectivity index (χ1n) is 9.89. The molecule has 0 spiro atoms. The van der Waals surface area contributed by atoms with E-state index in [1.807, 2.05) is 30.3 Å². The van der Waals surface area contributed by atoms with Crippen LogP contribution in [0.3, 0.4) is 0 Å². The first-order chi connectivity index (χ1) is 16.0. The lowest BCUT2D eigenvalue weighted by Gasteiger charge is -2.10. The van der Waals surface area contributed by atoms with Crippen LogP contribution < -0.4 is 14.8 Å². The van der Waals surface area contributed by atoms with E-state index in [9.17, 15) is 4.79 Å². The number of rotatable bonds is 8. The number of ether oxygens (including phenoxy) is 2. The fraction of sp³-hybridized carbons (Fsp3) is 0.130. The quantitative estimate of drug-likeness (QED) is 0.377. The number of nitrogens with one attached hydrogen (secondary N) is 1. The molecule has 33 heavy (non-hydrogen) atoms. The lowest BCUT2D eigenvalue weighted by atomic mass is 10.2. The topological polar surface area (TPSA) is 91.2 Å². The molecule has 0 radical (unpaired) electrons. The molecule has 0 aliphatic rings. The van der Waals surface area contributed by atoms with Crippen LogP contribution in [0.1, 0.15) is 10.4 Å². The number of carbonyl (C=O) groups excluding carboxylic acids is 1. The van der Waals surface area contributed by atoms with Gasteiger partial charge in [0.05, 0.1) is 12.1 Å². The average molecular weight is 484 g/mol. The molecule has 0 aliphatic heterocycles. The van der Waals surface area contributed by atoms with Crippen molar-refractivity contribution in [1.29, 1.82) is 0 Å². The Hall–Kier alpha value is -3.62. The molecule has 2 heterocycles. The number of anilines is 1. The zero-order valence-electron chi connectivity index (χ0n) is 17.5. The van der Waals surface area contributed by atoms with Crippen molar-refractivity contribution in [2.75, 3.05) is 19.0 Å². The third kappa shape index (κ3) is 5.60. The van der Waals surface area contributed by atoms with E-state index in [1.165, 1.54) is 4.68 Å². The van der Waals surface area contributed by atoms with E-state index in [4.69, 9.17) is 32.7 Å². The van der Waals surface area contributed by atoms with Gasteiger partial charge in [0, 0.05) is 29.5 Å². The number of carbonyl (C=O) groups is 1. The van der Waals surface area contributed by atoms with Gasteiger partial charge < -0.3 is 14.8 Å². The standard InChI is InChI=1S/C23H19Cl2N5O3/c1-32-18-7-4-15(5-8-18)12-27-23-28-22(16-3-2-10-26-13-16)29-30(23)21(31)14-33-20-9-6-17(24)11-19(20)25/h2-11,13H,12,14H2,1H3,(H,27,28,29). The number of aromatic nitrogens is 4. The second-order valence-corrected chi connectivity index (χ2v) is 7.71. The van der Waals surface area contributed by atoms with E-state index in [2.05, 4.69) is 20.4 Å². The Kier molecular flexibility index (Phi) is 7.07. The van der Waals surface area contributed by atoms with Gasteiger partial charge in [-0.25, -0.2) is 0 Å². The van der Waals surface area contributed by atoms with Crippen LogP contribution in [0.15, 0.2) is 67.0 Å². The zero-order chi connectivity index (χ0) is 23.2. The minimum absolute atomic E-state index is 0.278. The van der Waals surface area contributed by atoms with Crippen molar-refractivity contribution >= 4 is 35.1 Å². The highest BCUT2D eigenvalue weighted by Gasteiger charge is 2.18. The highest BCUT2D eigenvalue weighted by atomic mass is 35.5. The molecule has 2 aromatic carbocycles. The van der Waals surface area contributed by atoms with Crippen molar-refractivity contribution in [2.24, 2.45) is 0 Å². The minimum Gasteiger partial charge on any atom is -0.497 e. The molecule has 10 heteroatoms. The van der Waals surface area contributed by atoms with Crippen LogP contribution >= 0.6 is 23.2 Å². The van der Waals surface area contributed by atoms with E-state index in [0.29, 0.717) is 33.7 Å². The molecular formula is C23H19Cl2N5O3. The van der Waals surface area contributed by atoms with Crippen molar-refractivity contribution in [3.63, 3.8) is 0 Å². The maximum Gasteiger partial charge on any atom is 0.287 e. The molecular weight excluding hydrogens is 465 g/mol. The summed E-state index contributed by atoms with van der Waals surface area (Å²) < 4.78 is 11.9. The van der Waals surface area contributed by atoms with Gasteiger partial charge in [-0.15, -0.1) is 5.10 Å². The summed E-state index contributed by atoms with van der Waals surface area (Å²) in [5, 5.41) is 8.31. The summed E-state index contributed by atoms with van der Waals surface area (Å²) in [5.74, 6) is 1.31. The van der Waals surface area contributed by atoms with E-state index >= 15 is 0 Å². The molecule has 0 bridgehead atoms. The van der Waals surface area contributed by atoms with Gasteiger partial charge in [-0.3, -0.25) is 9.78 Å². The second kappa shape index (κ2) is 10.3. The number of pyridine rings is 1. The molecule has 8 nitrogen and oxygen atoms in total. The van der Waals surface area contributed by atoms with Gasteiger partial charge in [0.25, 0.3) is 5.91 Å². The molecule has 0 atom stereocenters. The van der Waals surface area contributed by atoms with Gasteiger partial charge in [0.2, 0.25) is 5.95 Å². The van der Waals surface area contributed by atoms with Gasteiger partial charge in [-0.2, -0.15) is 9.67 Å². The van der Waals surface area contributed by atoms with Gasteiger partial charge in [-0.1, -0.05) is 35.3 Å². The van der Waals surface area contributed by atoms with E-state index < -0.39 is 5.91 Å². The van der Waals surface area contributed by atoms with Crippen LogP contribution in [-0.4, -0.2) is 39.4 Å². The van der Waals surface area contributed by atoms with Crippen molar-refractivity contribution < 1.29 is 14.3 Å². The van der Waals surface area contributed by atoms with Crippen LogP contribution in [0.5, 0.6) is 11.5 Å². The van der Waals surface area contributed by atoms with Crippen molar-refractivity contribution in [3.05, 3.63) is 82.6 Å². The largest absolute Gasteiger partial charge is 0.497 e. The van der Waals surface area contributed by atoms with Crippen molar-refractivity contribution in [2.45, 2.75) is 6.54 Å². The molecule has 0 fully saturated rings. The first kappa shape index (κ1) is 22.6. The van der Waals surface area contributed by atoms with E-state index in [0.717, 1.165) is 11.3 Å². The summed E-state index contributed by atoms with van der Waals surface area (Å²) in [6.07, 6.45) is 3.28. The van der Waals surface area contributed by atoms with E-state index in [-0.39, 0.29) is 12.6 Å². The molecule has 1 N–H and O–H groups in total. The summed E-state index contributed by atoms with van der Waals surface area (Å²) in [4.78, 5) is 21.5. The fourth-order valence-electron chi connectivity index (χ4n) is 2.94. The Morgan fingerprint density at radius 1 is 1.12 bits per heavy atom. The Balaban J connectivity index is 1.54. The first-order valence-corrected chi connectivity index (χ1v) is 10.6. The normalized spacial score (nSPS) is 10.6. The highest BCUT2D eigenvalue weighted by molar-refractivity contribution is 6.35. The molecule has 168 valence electrons. The summed E-state index contributed by atoms with van der Waals surface area (Å²) >= 11 is 12.0. The predicted molar refractivity (Wildman–Crippen MR) is 126 cm³/mol. The van der Waals surface area contributed by atoms with Crippen molar-refractivity contribution in [1.82, 2.24) is 19.7 Å². The molecule has 0 saturated heterocycles. The van der Waals surface area contributed by atoms with Crippen LogP contribution in [-0.2, 0) is 6.54 Å². The SMILES string of the molecule is COc1ccc(CNc2nc(-c3cccnc3)nn2C(=O)COc2ccc(Cl)cc2Cl)cc1. The van der Waals surface area contributed by atoms with Crippen LogP contribution in [0, 0.1) is 0 Å². The maximum atomic E-state index is 13.0. The van der Waals surface area contributed by atoms with E-state index in [1.54, 1.807) is 43.8 Å². The Bertz CT molecular complexity index is 1250. The molecule has 4 rings (SSSR count). The minimum atomic E-state index is -0.430. The van der Waals surface area contributed by atoms with Gasteiger partial charge in [-0.05, 0) is 48.0 Å². The number of halogens is 2. The van der Waals surface area contributed by atoms with Crippen LogP contribution in [0.2, 0.25) is 10.0 Å². The predicted octanol–water partition coefficient (Wildman–Crippen LogP) is 4.99. The third-order valence-corrected chi connectivity index (χ3v) is 5.15. The Morgan fingerprint density at radius 3 is 2.64 bits per heavy atom. The highest BCUT2D eigenvalue weighted by Crippen LogP contribution is 2.27. The number of hydrogen-bond donors (Lipinski definition) is 1. The van der Waals surface area contributed by atoms with Gasteiger partial charge in [0.15, 0.2) is 12.4 Å². The molecule has 2 aromatic heterocycles. The summed E-state index contributed by atoms with van der Waals surface area (Å²) in [5.41, 5.74) is 1.66. The molecule has 0 saturated carbocycles. The average Bonchev–Trinajstić information content (AvgIpc) is 3.27. The molecule has 4 aromatic rings. The van der Waals surface area contributed by atoms with Crippen LogP contribution in [0.4, 0.5) is 5.95 Å². The van der Waals surface area contributed by atoms with Crippen LogP contribution in [0.25, 0.3) is 11.4 Å².